The Kier molecular flexibility index (Phi) is 4.35. The van der Waals surface area contributed by atoms with Crippen molar-refractivity contribution in [1.29, 1.82) is 21.2 Å². The smallest absolute Gasteiger partial charge is 0.217 e. The van der Waals surface area contributed by atoms with Gasteiger partial charge in [-0.25, -0.2) is 4.39 Å². The third kappa shape index (κ3) is 2.36. The molecule has 2 bridgehead atoms. The predicted octanol–water partition coefficient (Wildman–Crippen LogP) is 4.73. The Bertz CT molecular complexity index is 1210. The summed E-state index contributed by atoms with van der Waals surface area (Å²) in [6.45, 7) is 0. The predicted molar refractivity (Wildman–Crippen MR) is 110 cm³/mol. The lowest BCUT2D eigenvalue weighted by atomic mass is 9.50. The van der Waals surface area contributed by atoms with Gasteiger partial charge in [-0.05, 0) is 42.0 Å². The van der Waals surface area contributed by atoms with Crippen LogP contribution in [0.15, 0.2) is 54.6 Å². The van der Waals surface area contributed by atoms with Crippen molar-refractivity contribution in [3.05, 3.63) is 71.5 Å². The standard InChI is InChI=1S/C25H19FN4O2/c26-19-8-4-7-18(11-19)21-23(13-27,14-28)24(15-29)20-12-17(16-5-2-1-3-6-16)9-10-25(20,31-21)32-22(24)30/h1-8,11,17,20-21,30H,9-10,12H2. The van der Waals surface area contributed by atoms with Crippen LogP contribution in [0.2, 0.25) is 0 Å². The molecule has 1 saturated carbocycles. The van der Waals surface area contributed by atoms with E-state index in [0.717, 1.165) is 5.56 Å². The van der Waals surface area contributed by atoms with Crippen LogP contribution in [0, 0.1) is 62.0 Å². The maximum atomic E-state index is 14.1. The molecule has 3 aliphatic rings. The van der Waals surface area contributed by atoms with Crippen molar-refractivity contribution in [2.24, 2.45) is 16.7 Å². The monoisotopic (exact) mass is 426 g/mol. The van der Waals surface area contributed by atoms with Gasteiger partial charge in [0.15, 0.2) is 5.41 Å². The second-order valence-corrected chi connectivity index (χ2v) is 8.68. The summed E-state index contributed by atoms with van der Waals surface area (Å²) in [6.07, 6.45) is 0.278. The van der Waals surface area contributed by atoms with Crippen molar-refractivity contribution in [3.63, 3.8) is 0 Å². The van der Waals surface area contributed by atoms with Crippen molar-refractivity contribution < 1.29 is 13.9 Å². The zero-order chi connectivity index (χ0) is 22.6. The van der Waals surface area contributed by atoms with E-state index in [0.29, 0.717) is 19.3 Å². The molecule has 2 aliphatic heterocycles. The third-order valence-corrected chi connectivity index (χ3v) is 7.33. The van der Waals surface area contributed by atoms with Crippen molar-refractivity contribution >= 4 is 5.90 Å². The molecule has 2 saturated heterocycles. The summed E-state index contributed by atoms with van der Waals surface area (Å²) in [6, 6.07) is 21.5. The summed E-state index contributed by atoms with van der Waals surface area (Å²) in [5.41, 5.74) is -2.54. The van der Waals surface area contributed by atoms with Crippen LogP contribution >= 0.6 is 0 Å². The lowest BCUT2D eigenvalue weighted by Crippen LogP contribution is -2.60. The van der Waals surface area contributed by atoms with Crippen molar-refractivity contribution in [2.75, 3.05) is 0 Å². The fraction of sp³-hybridized carbons (Fsp3) is 0.360. The number of hydrogen-bond donors (Lipinski definition) is 1. The van der Waals surface area contributed by atoms with Gasteiger partial charge in [0.1, 0.15) is 11.9 Å². The van der Waals surface area contributed by atoms with Crippen LogP contribution in [-0.4, -0.2) is 11.7 Å². The molecule has 6 nitrogen and oxygen atoms in total. The van der Waals surface area contributed by atoms with Crippen LogP contribution < -0.4 is 0 Å². The highest BCUT2D eigenvalue weighted by Gasteiger charge is 2.81. The second-order valence-electron chi connectivity index (χ2n) is 8.68. The number of hydrogen-bond acceptors (Lipinski definition) is 6. The van der Waals surface area contributed by atoms with Crippen LogP contribution in [0.3, 0.4) is 0 Å². The quantitative estimate of drug-likeness (QED) is 0.746. The molecule has 3 fully saturated rings. The van der Waals surface area contributed by atoms with E-state index in [-0.39, 0.29) is 11.5 Å². The molecule has 5 rings (SSSR count). The van der Waals surface area contributed by atoms with Crippen LogP contribution in [0.4, 0.5) is 4.39 Å². The molecule has 0 radical (unpaired) electrons. The highest BCUT2D eigenvalue weighted by atomic mass is 19.1. The Morgan fingerprint density at radius 2 is 1.69 bits per heavy atom. The van der Waals surface area contributed by atoms with Gasteiger partial charge in [0.05, 0.1) is 24.1 Å². The van der Waals surface area contributed by atoms with E-state index in [9.17, 15) is 20.2 Å². The summed E-state index contributed by atoms with van der Waals surface area (Å²) in [4.78, 5) is 0. The molecule has 7 heteroatoms. The van der Waals surface area contributed by atoms with Gasteiger partial charge in [-0.2, -0.15) is 15.8 Å². The van der Waals surface area contributed by atoms with E-state index in [1.165, 1.54) is 18.2 Å². The molecule has 32 heavy (non-hydrogen) atoms. The minimum absolute atomic E-state index is 0.0703. The lowest BCUT2D eigenvalue weighted by Gasteiger charge is -2.52. The average Bonchev–Trinajstić information content (AvgIpc) is 3.03. The topological polar surface area (TPSA) is 114 Å². The maximum absolute atomic E-state index is 14.1. The van der Waals surface area contributed by atoms with Crippen molar-refractivity contribution in [2.45, 2.75) is 37.1 Å². The Morgan fingerprint density at radius 3 is 2.34 bits per heavy atom. The summed E-state index contributed by atoms with van der Waals surface area (Å²) in [5.74, 6) is -2.89. The minimum atomic E-state index is -2.07. The van der Waals surface area contributed by atoms with Crippen LogP contribution in [0.25, 0.3) is 0 Å². The normalized spacial score (nSPS) is 34.3. The van der Waals surface area contributed by atoms with Gasteiger partial charge >= 0.3 is 0 Å². The van der Waals surface area contributed by atoms with Crippen LogP contribution in [0.1, 0.15) is 42.4 Å². The van der Waals surface area contributed by atoms with E-state index in [4.69, 9.17) is 14.9 Å². The molecule has 2 heterocycles. The Balaban J connectivity index is 1.69. The largest absolute Gasteiger partial charge is 0.447 e. The molecule has 1 N–H and O–H groups in total. The molecule has 158 valence electrons. The van der Waals surface area contributed by atoms with E-state index in [2.05, 4.69) is 6.07 Å². The van der Waals surface area contributed by atoms with E-state index in [1.807, 2.05) is 42.5 Å². The zero-order valence-corrected chi connectivity index (χ0v) is 17.1. The first kappa shape index (κ1) is 20.2. The van der Waals surface area contributed by atoms with Crippen LogP contribution in [-0.2, 0) is 9.47 Å². The maximum Gasteiger partial charge on any atom is 0.217 e. The molecule has 1 aliphatic carbocycles. The number of benzene rings is 2. The van der Waals surface area contributed by atoms with Crippen molar-refractivity contribution in [1.82, 2.24) is 0 Å². The highest BCUT2D eigenvalue weighted by molar-refractivity contribution is 5.89. The Labute approximate surface area is 184 Å². The molecule has 2 aromatic rings. The second kappa shape index (κ2) is 6.89. The molecular weight excluding hydrogens is 407 g/mol. The highest BCUT2D eigenvalue weighted by Crippen LogP contribution is 2.70. The molecule has 0 spiro atoms. The summed E-state index contributed by atoms with van der Waals surface area (Å²) in [7, 11) is 0. The van der Waals surface area contributed by atoms with E-state index < -0.39 is 40.4 Å². The van der Waals surface area contributed by atoms with Gasteiger partial charge in [0.2, 0.25) is 17.1 Å². The number of ether oxygens (including phenoxy) is 2. The van der Waals surface area contributed by atoms with Gasteiger partial charge in [-0.15, -0.1) is 0 Å². The van der Waals surface area contributed by atoms with Gasteiger partial charge < -0.3 is 9.47 Å². The fourth-order valence-electron chi connectivity index (χ4n) is 5.84. The van der Waals surface area contributed by atoms with E-state index >= 15 is 0 Å². The Hall–Kier alpha value is -3.73. The number of nitrogens with zero attached hydrogens (tertiary/aromatic N) is 3. The van der Waals surface area contributed by atoms with Gasteiger partial charge in [-0.3, -0.25) is 5.41 Å². The first-order chi connectivity index (χ1) is 15.5. The minimum Gasteiger partial charge on any atom is -0.447 e. The number of rotatable bonds is 2. The summed E-state index contributed by atoms with van der Waals surface area (Å²) >= 11 is 0. The lowest BCUT2D eigenvalue weighted by molar-refractivity contribution is -0.296. The summed E-state index contributed by atoms with van der Waals surface area (Å²) < 4.78 is 26.4. The van der Waals surface area contributed by atoms with Gasteiger partial charge in [-0.1, -0.05) is 42.5 Å². The molecule has 0 amide bonds. The average molecular weight is 426 g/mol. The molecule has 0 aromatic heterocycles. The first-order valence-electron chi connectivity index (χ1n) is 10.5. The molecule has 5 atom stereocenters. The summed E-state index contributed by atoms with van der Waals surface area (Å²) in [5, 5.41) is 39.7. The number of nitrogens with one attached hydrogen (secondary N) is 1. The fourth-order valence-corrected chi connectivity index (χ4v) is 5.84. The Morgan fingerprint density at radius 1 is 0.969 bits per heavy atom. The van der Waals surface area contributed by atoms with Crippen molar-refractivity contribution in [3.8, 4) is 18.2 Å². The zero-order valence-electron chi connectivity index (χ0n) is 17.1. The number of nitriles is 3. The van der Waals surface area contributed by atoms with Crippen LogP contribution in [0.5, 0.6) is 0 Å². The first-order valence-corrected chi connectivity index (χ1v) is 10.5. The third-order valence-electron chi connectivity index (χ3n) is 7.33. The SMILES string of the molecule is N#CC1(C#N)C(c2cccc(F)c2)OC23CCC(c4ccccc4)CC2C1(C#N)C(=N)O3. The van der Waals surface area contributed by atoms with Gasteiger partial charge in [0.25, 0.3) is 0 Å². The molecular formula is C25H19FN4O2. The molecule has 2 aromatic carbocycles. The molecule has 5 unspecified atom stereocenters. The van der Waals surface area contributed by atoms with E-state index in [1.54, 1.807) is 6.07 Å². The number of halogens is 1. The van der Waals surface area contributed by atoms with Gasteiger partial charge in [0, 0.05) is 6.42 Å².